The summed E-state index contributed by atoms with van der Waals surface area (Å²) in [7, 11) is 3.32. The molecule has 1 saturated carbocycles. The molecule has 0 heterocycles. The number of hydrogen-bond donors (Lipinski definition) is 1. The maximum Gasteiger partial charge on any atom is 0.409 e. The number of carbonyl (C=O) groups is 1. The van der Waals surface area contributed by atoms with Crippen LogP contribution >= 0.6 is 27.5 Å². The molecule has 0 aromatic heterocycles. The predicted octanol–water partition coefficient (Wildman–Crippen LogP) is 5.35. The van der Waals surface area contributed by atoms with E-state index in [1.807, 2.05) is 39.0 Å². The molecule has 1 amide bonds. The quantitative estimate of drug-likeness (QED) is 0.666. The average molecular weight is 421 g/mol. The average Bonchev–Trinajstić information content (AvgIpc) is 2.85. The lowest BCUT2D eigenvalue weighted by Crippen LogP contribution is -2.31. The van der Waals surface area contributed by atoms with E-state index in [0.29, 0.717) is 5.02 Å². The van der Waals surface area contributed by atoms with E-state index < -0.39 is 5.60 Å². The molecule has 2 rings (SSSR count). The lowest BCUT2D eigenvalue weighted by molar-refractivity contribution is 0.0340. The Morgan fingerprint density at radius 1 is 1.29 bits per heavy atom. The molecule has 1 aliphatic carbocycles. The Hall–Kier alpha value is -0.780. The maximum atomic E-state index is 10.9. The van der Waals surface area contributed by atoms with Crippen molar-refractivity contribution in [2.75, 3.05) is 14.1 Å². The van der Waals surface area contributed by atoms with Crippen LogP contribution in [0.15, 0.2) is 22.7 Å². The second-order valence-corrected chi connectivity index (χ2v) is 8.56. The van der Waals surface area contributed by atoms with Crippen molar-refractivity contribution in [1.82, 2.24) is 4.90 Å². The lowest BCUT2D eigenvalue weighted by atomic mass is 9.92. The van der Waals surface area contributed by atoms with Crippen LogP contribution in [0.5, 0.6) is 0 Å². The first-order valence-electron chi connectivity index (χ1n) is 8.03. The number of nitrogens with zero attached hydrogens (tertiary/aromatic N) is 1. The first-order chi connectivity index (χ1) is 10.9. The molecule has 1 N–H and O–H groups in total. The van der Waals surface area contributed by atoms with Crippen molar-refractivity contribution >= 4 is 33.6 Å². The number of benzene rings is 1. The first-order valence-corrected chi connectivity index (χ1v) is 9.20. The Balaban J connectivity index is 0.000000257. The van der Waals surface area contributed by atoms with Gasteiger partial charge in [-0.15, -0.1) is 0 Å². The molecule has 6 heteroatoms. The van der Waals surface area contributed by atoms with Gasteiger partial charge >= 0.3 is 6.09 Å². The molecule has 1 aromatic rings. The fraction of sp³-hybridized carbons (Fsp3) is 0.611. The van der Waals surface area contributed by atoms with Gasteiger partial charge in [0.2, 0.25) is 0 Å². The van der Waals surface area contributed by atoms with Gasteiger partial charge in [0, 0.05) is 29.2 Å². The van der Waals surface area contributed by atoms with Crippen LogP contribution in [0.1, 0.15) is 52.0 Å². The van der Waals surface area contributed by atoms with Crippen molar-refractivity contribution in [3.63, 3.8) is 0 Å². The Morgan fingerprint density at radius 3 is 2.21 bits per heavy atom. The highest BCUT2D eigenvalue weighted by Gasteiger charge is 2.34. The van der Waals surface area contributed by atoms with Gasteiger partial charge in [0.15, 0.2) is 0 Å². The van der Waals surface area contributed by atoms with E-state index in [2.05, 4.69) is 15.9 Å². The van der Waals surface area contributed by atoms with E-state index in [0.717, 1.165) is 35.7 Å². The molecule has 1 fully saturated rings. The van der Waals surface area contributed by atoms with Crippen LogP contribution in [0.4, 0.5) is 4.79 Å². The second kappa shape index (κ2) is 8.54. The van der Waals surface area contributed by atoms with Crippen LogP contribution in [0.2, 0.25) is 5.02 Å². The van der Waals surface area contributed by atoms with E-state index in [1.165, 1.54) is 4.90 Å². The van der Waals surface area contributed by atoms with Gasteiger partial charge < -0.3 is 14.7 Å². The Labute approximate surface area is 158 Å². The Bertz CT molecular complexity index is 564. The van der Waals surface area contributed by atoms with E-state index in [9.17, 15) is 9.90 Å². The van der Waals surface area contributed by atoms with Crippen LogP contribution in [0, 0.1) is 0 Å². The molecule has 24 heavy (non-hydrogen) atoms. The molecule has 4 nitrogen and oxygen atoms in total. The highest BCUT2D eigenvalue weighted by Crippen LogP contribution is 2.41. The third kappa shape index (κ3) is 6.61. The number of hydrogen-bond acceptors (Lipinski definition) is 3. The fourth-order valence-electron chi connectivity index (χ4n) is 2.45. The van der Waals surface area contributed by atoms with Gasteiger partial charge in [-0.25, -0.2) is 4.79 Å². The summed E-state index contributed by atoms with van der Waals surface area (Å²) in [5.41, 5.74) is -0.195. The van der Waals surface area contributed by atoms with Gasteiger partial charge in [0.25, 0.3) is 0 Å². The Kier molecular flexibility index (Phi) is 7.57. The van der Waals surface area contributed by atoms with Crippen molar-refractivity contribution < 1.29 is 14.6 Å². The molecule has 0 atom stereocenters. The summed E-state index contributed by atoms with van der Waals surface area (Å²) in [6.07, 6.45) is 3.53. The summed E-state index contributed by atoms with van der Waals surface area (Å²) < 4.78 is 5.94. The van der Waals surface area contributed by atoms with E-state index >= 15 is 0 Å². The van der Waals surface area contributed by atoms with Crippen molar-refractivity contribution in [2.24, 2.45) is 0 Å². The normalized spacial score (nSPS) is 16.2. The highest BCUT2D eigenvalue weighted by atomic mass is 79.9. The van der Waals surface area contributed by atoms with E-state index in [4.69, 9.17) is 16.3 Å². The molecule has 0 radical (unpaired) electrons. The number of carbonyl (C=O) groups excluding carboxylic acids is 1. The maximum absolute atomic E-state index is 10.9. The minimum absolute atomic E-state index is 0.299. The third-order valence-electron chi connectivity index (χ3n) is 3.62. The fourth-order valence-corrected chi connectivity index (χ4v) is 3.30. The summed E-state index contributed by atoms with van der Waals surface area (Å²) in [6, 6.07) is 5.68. The number of amides is 1. The van der Waals surface area contributed by atoms with Gasteiger partial charge in [0.05, 0.1) is 5.60 Å². The van der Waals surface area contributed by atoms with Crippen LogP contribution in [0.25, 0.3) is 0 Å². The largest absolute Gasteiger partial charge is 0.444 e. The standard InChI is InChI=1S/C11H12BrClO.C7H15NO2/c12-8-3-4-9(10(13)7-8)11(14)5-1-2-6-11;1-7(2,3)10-6(9)8(4)5/h3-4,7,14H,1-2,5-6H2;1-5H3. The minimum atomic E-state index is -0.683. The van der Waals surface area contributed by atoms with Gasteiger partial charge in [-0.1, -0.05) is 46.4 Å². The zero-order valence-electron chi connectivity index (χ0n) is 15.0. The Morgan fingerprint density at radius 2 is 1.83 bits per heavy atom. The van der Waals surface area contributed by atoms with Gasteiger partial charge in [-0.3, -0.25) is 0 Å². The molecule has 136 valence electrons. The number of halogens is 2. The topological polar surface area (TPSA) is 49.8 Å². The lowest BCUT2D eigenvalue weighted by Gasteiger charge is -2.23. The molecule has 0 saturated heterocycles. The van der Waals surface area contributed by atoms with Crippen molar-refractivity contribution in [3.8, 4) is 0 Å². The predicted molar refractivity (Wildman–Crippen MR) is 101 cm³/mol. The molecular formula is C18H27BrClNO3. The van der Waals surface area contributed by atoms with Crippen LogP contribution in [-0.4, -0.2) is 35.8 Å². The number of ether oxygens (including phenoxy) is 1. The summed E-state index contributed by atoms with van der Waals surface area (Å²) >= 11 is 9.47. The van der Waals surface area contributed by atoms with E-state index in [-0.39, 0.29) is 11.7 Å². The molecule has 0 spiro atoms. The SMILES string of the molecule is CN(C)C(=O)OC(C)(C)C.OC1(c2ccc(Br)cc2Cl)CCCC1. The van der Waals surface area contributed by atoms with Crippen LogP contribution in [-0.2, 0) is 10.3 Å². The highest BCUT2D eigenvalue weighted by molar-refractivity contribution is 9.10. The van der Waals surface area contributed by atoms with Crippen molar-refractivity contribution in [2.45, 2.75) is 57.7 Å². The molecule has 0 bridgehead atoms. The van der Waals surface area contributed by atoms with Gasteiger partial charge in [-0.2, -0.15) is 0 Å². The summed E-state index contributed by atoms with van der Waals surface area (Å²) in [6.45, 7) is 5.52. The summed E-state index contributed by atoms with van der Waals surface area (Å²) in [5, 5.41) is 11.0. The second-order valence-electron chi connectivity index (χ2n) is 7.24. The van der Waals surface area contributed by atoms with Crippen LogP contribution in [0.3, 0.4) is 0 Å². The minimum Gasteiger partial charge on any atom is -0.444 e. The smallest absolute Gasteiger partial charge is 0.409 e. The number of aliphatic hydroxyl groups is 1. The van der Waals surface area contributed by atoms with Crippen LogP contribution < -0.4 is 0 Å². The van der Waals surface area contributed by atoms with Crippen molar-refractivity contribution in [1.29, 1.82) is 0 Å². The molecule has 0 aliphatic heterocycles. The summed E-state index contributed by atoms with van der Waals surface area (Å²) in [4.78, 5) is 12.3. The van der Waals surface area contributed by atoms with Gasteiger partial charge in [-0.05, 0) is 45.7 Å². The first kappa shape index (κ1) is 21.3. The summed E-state index contributed by atoms with van der Waals surface area (Å²) in [5.74, 6) is 0. The monoisotopic (exact) mass is 419 g/mol. The van der Waals surface area contributed by atoms with E-state index in [1.54, 1.807) is 14.1 Å². The number of rotatable bonds is 1. The molecule has 1 aromatic carbocycles. The zero-order chi connectivity index (χ0) is 18.5. The molecule has 0 unspecified atom stereocenters. The van der Waals surface area contributed by atoms with Gasteiger partial charge in [0.1, 0.15) is 5.60 Å². The van der Waals surface area contributed by atoms with Crippen molar-refractivity contribution in [3.05, 3.63) is 33.3 Å². The zero-order valence-corrected chi connectivity index (χ0v) is 17.4. The molecular weight excluding hydrogens is 394 g/mol. The molecule has 1 aliphatic rings. The third-order valence-corrected chi connectivity index (χ3v) is 4.43.